The summed E-state index contributed by atoms with van der Waals surface area (Å²) < 4.78 is 0. The summed E-state index contributed by atoms with van der Waals surface area (Å²) in [5.74, 6) is 2.06. The van der Waals surface area contributed by atoms with E-state index in [1.807, 2.05) is 18.2 Å². The Labute approximate surface area is 286 Å². The predicted octanol–water partition coefficient (Wildman–Crippen LogP) is 10.9. The van der Waals surface area contributed by atoms with E-state index in [1.165, 1.54) is 55.6 Å². The highest BCUT2D eigenvalue weighted by atomic mass is 15.0. The van der Waals surface area contributed by atoms with Gasteiger partial charge < -0.3 is 0 Å². The van der Waals surface area contributed by atoms with Crippen LogP contribution >= 0.6 is 0 Å². The Morgan fingerprint density at radius 3 is 1.47 bits per heavy atom. The van der Waals surface area contributed by atoms with Crippen LogP contribution in [0.5, 0.6) is 0 Å². The molecule has 0 atom stereocenters. The van der Waals surface area contributed by atoms with Crippen molar-refractivity contribution in [2.45, 2.75) is 18.3 Å². The Bertz CT molecular complexity index is 2440. The minimum Gasteiger partial charge on any atom is -0.208 e. The van der Waals surface area contributed by atoms with Gasteiger partial charge >= 0.3 is 0 Å². The Morgan fingerprint density at radius 2 is 0.878 bits per heavy atom. The first-order valence-corrected chi connectivity index (χ1v) is 17.0. The summed E-state index contributed by atoms with van der Waals surface area (Å²) in [6.07, 6.45) is 8.60. The molecule has 10 rings (SSSR count). The van der Waals surface area contributed by atoms with Crippen molar-refractivity contribution in [2.24, 2.45) is 0 Å². The molecule has 0 fully saturated rings. The highest BCUT2D eigenvalue weighted by molar-refractivity contribution is 5.97. The summed E-state index contributed by atoms with van der Waals surface area (Å²) in [5, 5.41) is 0. The number of nitrogens with zero attached hydrogens (tertiary/aromatic N) is 3. The van der Waals surface area contributed by atoms with Gasteiger partial charge in [0.15, 0.2) is 17.5 Å². The molecule has 1 spiro atoms. The third kappa shape index (κ3) is 4.12. The van der Waals surface area contributed by atoms with E-state index in [2.05, 4.69) is 146 Å². The van der Waals surface area contributed by atoms with E-state index in [4.69, 9.17) is 15.0 Å². The molecular formula is C46H31N3. The SMILES string of the molecule is C1=CC(c2nc(-c3ccccc3)nc(-c3ccc4c(c3)C3(c5ccccc5-c5ccccc5-c5ccccc53)c3ccccc3-4)n2)=CCC1. The van der Waals surface area contributed by atoms with E-state index in [-0.39, 0.29) is 0 Å². The molecule has 0 saturated heterocycles. The zero-order chi connectivity index (χ0) is 32.4. The van der Waals surface area contributed by atoms with E-state index in [0.717, 1.165) is 29.5 Å². The molecule has 49 heavy (non-hydrogen) atoms. The number of allylic oxidation sites excluding steroid dienone is 4. The van der Waals surface area contributed by atoms with Gasteiger partial charge in [0.05, 0.1) is 5.41 Å². The number of aromatic nitrogens is 3. The third-order valence-electron chi connectivity index (χ3n) is 10.4. The van der Waals surface area contributed by atoms with Crippen LogP contribution in [0.3, 0.4) is 0 Å². The second-order valence-corrected chi connectivity index (χ2v) is 13.0. The number of rotatable bonds is 3. The molecule has 3 aliphatic rings. The maximum Gasteiger partial charge on any atom is 0.164 e. The van der Waals surface area contributed by atoms with E-state index in [1.54, 1.807) is 0 Å². The van der Waals surface area contributed by atoms with E-state index >= 15 is 0 Å². The fourth-order valence-electron chi connectivity index (χ4n) is 8.32. The zero-order valence-electron chi connectivity index (χ0n) is 26.8. The van der Waals surface area contributed by atoms with Crippen LogP contribution < -0.4 is 0 Å². The highest BCUT2D eigenvalue weighted by Crippen LogP contribution is 2.61. The lowest BCUT2D eigenvalue weighted by atomic mass is 9.66. The number of hydrogen-bond acceptors (Lipinski definition) is 3. The van der Waals surface area contributed by atoms with Gasteiger partial charge in [-0.25, -0.2) is 15.0 Å². The molecule has 0 amide bonds. The molecule has 3 heteroatoms. The van der Waals surface area contributed by atoms with Crippen LogP contribution in [-0.2, 0) is 5.41 Å². The second kappa shape index (κ2) is 10.9. The fraction of sp³-hybridized carbons (Fsp3) is 0.0652. The monoisotopic (exact) mass is 625 g/mol. The molecule has 230 valence electrons. The molecule has 0 bridgehead atoms. The van der Waals surface area contributed by atoms with Gasteiger partial charge in [-0.05, 0) is 74.5 Å². The van der Waals surface area contributed by atoms with Crippen molar-refractivity contribution in [1.82, 2.24) is 15.0 Å². The van der Waals surface area contributed by atoms with Crippen LogP contribution in [0.1, 0.15) is 40.9 Å². The summed E-state index contributed by atoms with van der Waals surface area (Å²) in [4.78, 5) is 15.3. The van der Waals surface area contributed by atoms with Gasteiger partial charge in [-0.1, -0.05) is 158 Å². The smallest absolute Gasteiger partial charge is 0.164 e. The summed E-state index contributed by atoms with van der Waals surface area (Å²) in [6, 6.07) is 52.9. The van der Waals surface area contributed by atoms with Gasteiger partial charge in [0, 0.05) is 16.7 Å². The van der Waals surface area contributed by atoms with E-state index in [0.29, 0.717) is 17.5 Å². The maximum absolute atomic E-state index is 5.16. The lowest BCUT2D eigenvalue weighted by Crippen LogP contribution is -2.29. The third-order valence-corrected chi connectivity index (χ3v) is 10.4. The van der Waals surface area contributed by atoms with Gasteiger partial charge in [0.2, 0.25) is 0 Å². The normalized spacial score (nSPS) is 14.6. The van der Waals surface area contributed by atoms with Gasteiger partial charge in [0.1, 0.15) is 0 Å². The van der Waals surface area contributed by atoms with Crippen molar-refractivity contribution in [1.29, 1.82) is 0 Å². The predicted molar refractivity (Wildman–Crippen MR) is 199 cm³/mol. The van der Waals surface area contributed by atoms with Crippen molar-refractivity contribution >= 4 is 5.57 Å². The van der Waals surface area contributed by atoms with Crippen LogP contribution in [0.2, 0.25) is 0 Å². The van der Waals surface area contributed by atoms with Crippen LogP contribution in [0.15, 0.2) is 164 Å². The standard InChI is InChI=1S/C46H31N3/c1-3-15-30(16-4-1)43-47-44(31-17-5-2-6-18-31)49-45(48-43)32-27-28-38-37-23-11-14-26-41(37)46(42(38)29-32)39-24-12-9-21-35(39)33-19-7-8-20-34(33)36-22-10-13-25-40(36)46/h1,3-5,7-29H,2,6H2. The second-order valence-electron chi connectivity index (χ2n) is 13.0. The number of hydrogen-bond donors (Lipinski definition) is 0. The molecule has 0 N–H and O–H groups in total. The Hall–Kier alpha value is -6.19. The first-order valence-electron chi connectivity index (χ1n) is 17.0. The maximum atomic E-state index is 5.16. The first kappa shape index (κ1) is 27.9. The van der Waals surface area contributed by atoms with Crippen molar-refractivity contribution in [3.05, 3.63) is 192 Å². The van der Waals surface area contributed by atoms with Crippen molar-refractivity contribution in [3.8, 4) is 56.2 Å². The Balaban J connectivity index is 1.29. The summed E-state index contributed by atoms with van der Waals surface area (Å²) in [7, 11) is 0. The van der Waals surface area contributed by atoms with Crippen molar-refractivity contribution in [3.63, 3.8) is 0 Å². The average Bonchev–Trinajstić information content (AvgIpc) is 3.42. The van der Waals surface area contributed by atoms with Crippen LogP contribution in [0.4, 0.5) is 0 Å². The Kier molecular flexibility index (Phi) is 6.22. The number of benzene rings is 6. The Morgan fingerprint density at radius 1 is 0.388 bits per heavy atom. The minimum absolute atomic E-state index is 0.555. The highest BCUT2D eigenvalue weighted by Gasteiger charge is 2.49. The molecule has 1 heterocycles. The number of fused-ring (bicyclic) bond motifs is 12. The molecule has 3 aliphatic carbocycles. The molecule has 0 saturated carbocycles. The quantitative estimate of drug-likeness (QED) is 0.196. The minimum atomic E-state index is -0.555. The summed E-state index contributed by atoms with van der Waals surface area (Å²) in [6.45, 7) is 0. The topological polar surface area (TPSA) is 38.7 Å². The van der Waals surface area contributed by atoms with Crippen LogP contribution in [-0.4, -0.2) is 15.0 Å². The molecule has 7 aromatic rings. The van der Waals surface area contributed by atoms with E-state index in [9.17, 15) is 0 Å². The molecule has 0 unspecified atom stereocenters. The van der Waals surface area contributed by atoms with Crippen LogP contribution in [0.25, 0.3) is 61.7 Å². The first-order chi connectivity index (χ1) is 24.3. The largest absolute Gasteiger partial charge is 0.208 e. The fourth-order valence-corrected chi connectivity index (χ4v) is 8.32. The van der Waals surface area contributed by atoms with Crippen molar-refractivity contribution < 1.29 is 0 Å². The van der Waals surface area contributed by atoms with Crippen LogP contribution in [0, 0.1) is 0 Å². The lowest BCUT2D eigenvalue weighted by Gasteiger charge is -2.35. The molecule has 3 nitrogen and oxygen atoms in total. The van der Waals surface area contributed by atoms with Crippen molar-refractivity contribution in [2.75, 3.05) is 0 Å². The molecule has 1 aromatic heterocycles. The van der Waals surface area contributed by atoms with Gasteiger partial charge in [-0.3, -0.25) is 0 Å². The average molecular weight is 626 g/mol. The van der Waals surface area contributed by atoms with E-state index < -0.39 is 5.41 Å². The molecule has 6 aromatic carbocycles. The summed E-state index contributed by atoms with van der Waals surface area (Å²) >= 11 is 0. The summed E-state index contributed by atoms with van der Waals surface area (Å²) in [5.41, 5.74) is 15.1. The van der Waals surface area contributed by atoms with Gasteiger partial charge in [-0.2, -0.15) is 0 Å². The molecule has 0 aliphatic heterocycles. The zero-order valence-corrected chi connectivity index (χ0v) is 26.8. The molecule has 0 radical (unpaired) electrons. The van der Waals surface area contributed by atoms with Gasteiger partial charge in [-0.15, -0.1) is 0 Å². The van der Waals surface area contributed by atoms with Gasteiger partial charge in [0.25, 0.3) is 0 Å². The molecular weight excluding hydrogens is 595 g/mol. The lowest BCUT2D eigenvalue weighted by molar-refractivity contribution is 0.775.